The van der Waals surface area contributed by atoms with Gasteiger partial charge in [0.15, 0.2) is 11.0 Å². The molecule has 0 aliphatic rings. The van der Waals surface area contributed by atoms with Crippen molar-refractivity contribution in [3.63, 3.8) is 0 Å². The number of thioether (sulfide) groups is 1. The Morgan fingerprint density at radius 1 is 1.18 bits per heavy atom. The summed E-state index contributed by atoms with van der Waals surface area (Å²) in [5, 5.41) is 16.0. The minimum atomic E-state index is -0.383. The van der Waals surface area contributed by atoms with Crippen LogP contribution in [0.5, 0.6) is 0 Å². The third-order valence-corrected chi connectivity index (χ3v) is 5.84. The van der Waals surface area contributed by atoms with Crippen LogP contribution in [0, 0.1) is 12.7 Å². The molecule has 0 aliphatic heterocycles. The van der Waals surface area contributed by atoms with E-state index in [2.05, 4.69) is 33.3 Å². The number of halogens is 1. The SMILES string of the molecule is C=CCn1c(SCC(=O)Nc2ccnn2Cc2cccc(C)c2)nnc1-c1ccccc1F. The molecule has 2 aromatic carbocycles. The normalized spacial score (nSPS) is 10.8. The van der Waals surface area contributed by atoms with Crippen LogP contribution in [0.25, 0.3) is 11.4 Å². The average molecular weight is 463 g/mol. The van der Waals surface area contributed by atoms with Crippen LogP contribution >= 0.6 is 11.8 Å². The predicted molar refractivity (Wildman–Crippen MR) is 127 cm³/mol. The first kappa shape index (κ1) is 22.5. The number of anilines is 1. The fourth-order valence-electron chi connectivity index (χ4n) is 3.39. The van der Waals surface area contributed by atoms with Crippen molar-refractivity contribution in [2.45, 2.75) is 25.2 Å². The second kappa shape index (κ2) is 10.3. The first-order valence-corrected chi connectivity index (χ1v) is 11.3. The summed E-state index contributed by atoms with van der Waals surface area (Å²) in [6.07, 6.45) is 3.33. The molecule has 0 saturated carbocycles. The van der Waals surface area contributed by atoms with Gasteiger partial charge in [0.25, 0.3) is 0 Å². The number of hydrogen-bond acceptors (Lipinski definition) is 5. The number of nitrogens with one attached hydrogen (secondary N) is 1. The zero-order valence-corrected chi connectivity index (χ0v) is 18.9. The van der Waals surface area contributed by atoms with Crippen molar-refractivity contribution in [3.8, 4) is 11.4 Å². The molecule has 0 atom stereocenters. The van der Waals surface area contributed by atoms with E-state index in [1.807, 2.05) is 25.1 Å². The molecule has 1 N–H and O–H groups in total. The second-order valence-corrected chi connectivity index (χ2v) is 8.33. The zero-order valence-electron chi connectivity index (χ0n) is 18.1. The van der Waals surface area contributed by atoms with Crippen LogP contribution < -0.4 is 5.32 Å². The van der Waals surface area contributed by atoms with Crippen LogP contribution in [0.1, 0.15) is 11.1 Å². The summed E-state index contributed by atoms with van der Waals surface area (Å²) in [6, 6.07) is 16.3. The summed E-state index contributed by atoms with van der Waals surface area (Å²) in [6.45, 7) is 6.74. The Labute approximate surface area is 195 Å². The van der Waals surface area contributed by atoms with Crippen molar-refractivity contribution in [1.82, 2.24) is 24.5 Å². The van der Waals surface area contributed by atoms with E-state index in [9.17, 15) is 9.18 Å². The number of aromatic nitrogens is 5. The average Bonchev–Trinajstić information content (AvgIpc) is 3.40. The number of rotatable bonds is 9. The lowest BCUT2D eigenvalue weighted by Crippen LogP contribution is -2.18. The van der Waals surface area contributed by atoms with Crippen LogP contribution in [0.3, 0.4) is 0 Å². The maximum absolute atomic E-state index is 14.3. The number of carbonyl (C=O) groups excluding carboxylic acids is 1. The molecule has 0 radical (unpaired) electrons. The number of carbonyl (C=O) groups is 1. The topological polar surface area (TPSA) is 77.6 Å². The van der Waals surface area contributed by atoms with Crippen molar-refractivity contribution >= 4 is 23.5 Å². The van der Waals surface area contributed by atoms with Crippen molar-refractivity contribution in [3.05, 3.63) is 90.4 Å². The van der Waals surface area contributed by atoms with Crippen molar-refractivity contribution in [1.29, 1.82) is 0 Å². The van der Waals surface area contributed by atoms with E-state index in [1.165, 1.54) is 23.4 Å². The molecule has 2 heterocycles. The highest BCUT2D eigenvalue weighted by atomic mass is 32.2. The molecule has 0 bridgehead atoms. The monoisotopic (exact) mass is 462 g/mol. The molecule has 0 saturated heterocycles. The standard InChI is InChI=1S/C24H23FN6OS/c1-3-13-30-23(19-9-4-5-10-20(19)25)28-29-24(30)33-16-22(32)27-21-11-12-26-31(21)15-18-8-6-7-17(2)14-18/h3-12,14H,1,13,15-16H2,2H3,(H,27,32). The van der Waals surface area contributed by atoms with Crippen LogP contribution in [-0.2, 0) is 17.9 Å². The summed E-state index contributed by atoms with van der Waals surface area (Å²) in [7, 11) is 0. The smallest absolute Gasteiger partial charge is 0.235 e. The predicted octanol–water partition coefficient (Wildman–Crippen LogP) is 4.55. The summed E-state index contributed by atoms with van der Waals surface area (Å²) >= 11 is 1.23. The van der Waals surface area contributed by atoms with Crippen molar-refractivity contribution in [2.24, 2.45) is 0 Å². The van der Waals surface area contributed by atoms with Gasteiger partial charge >= 0.3 is 0 Å². The van der Waals surface area contributed by atoms with E-state index in [0.717, 1.165) is 5.56 Å². The van der Waals surface area contributed by atoms with E-state index in [-0.39, 0.29) is 17.5 Å². The highest BCUT2D eigenvalue weighted by Gasteiger charge is 2.17. The molecule has 0 unspecified atom stereocenters. The van der Waals surface area contributed by atoms with Gasteiger partial charge in [0, 0.05) is 12.6 Å². The molecule has 33 heavy (non-hydrogen) atoms. The molecule has 0 fully saturated rings. The number of aryl methyl sites for hydroxylation is 1. The molecule has 7 nitrogen and oxygen atoms in total. The minimum Gasteiger partial charge on any atom is -0.310 e. The van der Waals surface area contributed by atoms with Gasteiger partial charge in [-0.15, -0.1) is 16.8 Å². The van der Waals surface area contributed by atoms with Crippen molar-refractivity contribution < 1.29 is 9.18 Å². The molecular weight excluding hydrogens is 439 g/mol. The van der Waals surface area contributed by atoms with E-state index < -0.39 is 0 Å². The quantitative estimate of drug-likeness (QED) is 0.292. The van der Waals surface area contributed by atoms with E-state index in [4.69, 9.17) is 0 Å². The maximum Gasteiger partial charge on any atom is 0.235 e. The molecule has 1 amide bonds. The van der Waals surface area contributed by atoms with Gasteiger partial charge in [-0.3, -0.25) is 9.36 Å². The van der Waals surface area contributed by atoms with E-state index in [1.54, 1.807) is 45.8 Å². The molecule has 2 aromatic heterocycles. The molecule has 0 spiro atoms. The fraction of sp³-hybridized carbons (Fsp3) is 0.167. The van der Waals surface area contributed by atoms with Gasteiger partial charge in [0.1, 0.15) is 11.6 Å². The number of amides is 1. The van der Waals surface area contributed by atoms with Gasteiger partial charge in [-0.1, -0.05) is 59.8 Å². The van der Waals surface area contributed by atoms with Gasteiger partial charge in [-0.25, -0.2) is 9.07 Å². The van der Waals surface area contributed by atoms with Gasteiger partial charge < -0.3 is 5.32 Å². The molecule has 9 heteroatoms. The Kier molecular flexibility index (Phi) is 6.99. The number of hydrogen-bond donors (Lipinski definition) is 1. The molecule has 168 valence electrons. The van der Waals surface area contributed by atoms with Gasteiger partial charge in [0.05, 0.1) is 24.1 Å². The highest BCUT2D eigenvalue weighted by Crippen LogP contribution is 2.26. The lowest BCUT2D eigenvalue weighted by molar-refractivity contribution is -0.113. The molecule has 0 aliphatic carbocycles. The second-order valence-electron chi connectivity index (χ2n) is 7.39. The Morgan fingerprint density at radius 3 is 2.82 bits per heavy atom. The number of benzene rings is 2. The third-order valence-electron chi connectivity index (χ3n) is 4.87. The van der Waals surface area contributed by atoms with Crippen LogP contribution in [0.4, 0.5) is 10.2 Å². The summed E-state index contributed by atoms with van der Waals surface area (Å²) < 4.78 is 17.7. The third kappa shape index (κ3) is 5.38. The molecule has 4 rings (SSSR count). The van der Waals surface area contributed by atoms with Gasteiger partial charge in [0.2, 0.25) is 5.91 Å². The van der Waals surface area contributed by atoms with E-state index in [0.29, 0.717) is 35.5 Å². The lowest BCUT2D eigenvalue weighted by atomic mass is 10.1. The summed E-state index contributed by atoms with van der Waals surface area (Å²) in [4.78, 5) is 12.6. The van der Waals surface area contributed by atoms with Gasteiger partial charge in [-0.2, -0.15) is 5.10 Å². The Hall–Kier alpha value is -3.72. The first-order chi connectivity index (χ1) is 16.0. The zero-order chi connectivity index (χ0) is 23.2. The fourth-order valence-corrected chi connectivity index (χ4v) is 4.14. The van der Waals surface area contributed by atoms with Crippen molar-refractivity contribution in [2.75, 3.05) is 11.1 Å². The summed E-state index contributed by atoms with van der Waals surface area (Å²) in [5.74, 6) is 0.536. The number of nitrogens with zero attached hydrogens (tertiary/aromatic N) is 5. The Morgan fingerprint density at radius 2 is 2.03 bits per heavy atom. The van der Waals surface area contributed by atoms with Crippen LogP contribution in [0.15, 0.2) is 78.6 Å². The first-order valence-electron chi connectivity index (χ1n) is 10.3. The largest absolute Gasteiger partial charge is 0.310 e. The molecular formula is C24H23FN6OS. The Balaban J connectivity index is 1.43. The summed E-state index contributed by atoms with van der Waals surface area (Å²) in [5.41, 5.74) is 2.62. The van der Waals surface area contributed by atoms with E-state index >= 15 is 0 Å². The highest BCUT2D eigenvalue weighted by molar-refractivity contribution is 7.99. The minimum absolute atomic E-state index is 0.113. The van der Waals surface area contributed by atoms with Gasteiger partial charge in [-0.05, 0) is 24.6 Å². The Bertz CT molecular complexity index is 1280. The number of allylic oxidation sites excluding steroid dienone is 1. The molecule has 4 aromatic rings. The maximum atomic E-state index is 14.3. The van der Waals surface area contributed by atoms with Crippen LogP contribution in [0.2, 0.25) is 0 Å². The van der Waals surface area contributed by atoms with Crippen LogP contribution in [-0.4, -0.2) is 36.2 Å². The lowest BCUT2D eigenvalue weighted by Gasteiger charge is -2.10.